The fourth-order valence-electron chi connectivity index (χ4n) is 5.31. The van der Waals surface area contributed by atoms with Crippen LogP contribution in [0, 0.1) is 23.2 Å². The number of esters is 1. The highest BCUT2D eigenvalue weighted by molar-refractivity contribution is 7.87. The molecule has 0 saturated heterocycles. The summed E-state index contributed by atoms with van der Waals surface area (Å²) in [4.78, 5) is 23.6. The SMILES string of the molecule is CC(C)(C)OC(=O)OC1C2CC3CC1CC(COC(=O)C(F)(F)S(=O)(=O)O)(C3)C2. The molecule has 0 heterocycles. The van der Waals surface area contributed by atoms with Crippen LogP contribution in [0.5, 0.6) is 0 Å². The van der Waals surface area contributed by atoms with Crippen LogP contribution in [-0.2, 0) is 29.1 Å². The second kappa shape index (κ2) is 7.04. The molecule has 4 rings (SSSR count). The van der Waals surface area contributed by atoms with Gasteiger partial charge in [0.05, 0.1) is 6.61 Å². The number of hydrogen-bond acceptors (Lipinski definition) is 7. The third-order valence-corrected chi connectivity index (χ3v) is 6.82. The van der Waals surface area contributed by atoms with Gasteiger partial charge in [-0.2, -0.15) is 17.2 Å². The third kappa shape index (κ3) is 4.50. The molecular weight excluding hydrogens is 414 g/mol. The highest BCUT2D eigenvalue weighted by Gasteiger charge is 2.59. The minimum absolute atomic E-state index is 0.00504. The first-order valence-corrected chi connectivity index (χ1v) is 11.0. The Kier molecular flexibility index (Phi) is 5.39. The average Bonchev–Trinajstić information content (AvgIpc) is 2.52. The largest absolute Gasteiger partial charge is 0.509 e. The predicted octanol–water partition coefficient (Wildman–Crippen LogP) is 3.16. The summed E-state index contributed by atoms with van der Waals surface area (Å²) in [6, 6.07) is 0. The Morgan fingerprint density at radius 1 is 1.10 bits per heavy atom. The molecule has 2 unspecified atom stereocenters. The first kappa shape index (κ1) is 22.2. The van der Waals surface area contributed by atoms with Gasteiger partial charge in [0.2, 0.25) is 0 Å². The van der Waals surface area contributed by atoms with Gasteiger partial charge in [0, 0.05) is 5.41 Å². The van der Waals surface area contributed by atoms with Crippen molar-refractivity contribution in [3.63, 3.8) is 0 Å². The van der Waals surface area contributed by atoms with Crippen molar-refractivity contribution in [1.29, 1.82) is 0 Å². The molecule has 1 N–H and O–H groups in total. The average molecular weight is 440 g/mol. The molecule has 0 aromatic heterocycles. The highest BCUT2D eigenvalue weighted by Crippen LogP contribution is 2.61. The summed E-state index contributed by atoms with van der Waals surface area (Å²) in [6.45, 7) is 4.84. The zero-order valence-corrected chi connectivity index (χ0v) is 17.3. The predicted molar refractivity (Wildman–Crippen MR) is 94.5 cm³/mol. The Balaban J connectivity index is 1.65. The standard InChI is InChI=1S/C18H26F2O8S/c1-16(2,3)28-15(22)27-13-11-4-10-5-12(13)8-17(6-10,7-11)9-26-14(21)18(19,20)29(23,24)25/h10-13H,4-9H2,1-3H3,(H,23,24,25). The zero-order valence-electron chi connectivity index (χ0n) is 16.5. The second-order valence-electron chi connectivity index (χ2n) is 9.58. The van der Waals surface area contributed by atoms with Crippen molar-refractivity contribution in [2.24, 2.45) is 23.2 Å². The first-order chi connectivity index (χ1) is 13.1. The lowest BCUT2D eigenvalue weighted by atomic mass is 9.49. The molecule has 0 amide bonds. The van der Waals surface area contributed by atoms with E-state index in [4.69, 9.17) is 14.0 Å². The van der Waals surface area contributed by atoms with E-state index in [2.05, 4.69) is 4.74 Å². The minimum atomic E-state index is -5.90. The number of hydrogen-bond donors (Lipinski definition) is 1. The van der Waals surface area contributed by atoms with Gasteiger partial charge in [0.15, 0.2) is 0 Å². The number of carbonyl (C=O) groups excluding carboxylic acids is 2. The smallest absolute Gasteiger partial charge is 0.460 e. The van der Waals surface area contributed by atoms with Gasteiger partial charge < -0.3 is 14.2 Å². The molecule has 0 spiro atoms. The number of ether oxygens (including phenoxy) is 3. The summed E-state index contributed by atoms with van der Waals surface area (Å²) in [5.41, 5.74) is -1.24. The summed E-state index contributed by atoms with van der Waals surface area (Å²) in [5.74, 6) is -1.99. The van der Waals surface area contributed by atoms with Crippen LogP contribution in [0.2, 0.25) is 0 Å². The molecule has 4 bridgehead atoms. The maximum Gasteiger partial charge on any atom is 0.509 e. The number of rotatable bonds is 5. The molecule has 2 atom stereocenters. The molecule has 8 nitrogen and oxygen atoms in total. The second-order valence-corrected chi connectivity index (χ2v) is 11.0. The van der Waals surface area contributed by atoms with E-state index in [0.717, 1.165) is 12.8 Å². The van der Waals surface area contributed by atoms with Gasteiger partial charge in [0.25, 0.3) is 0 Å². The van der Waals surface area contributed by atoms with E-state index >= 15 is 0 Å². The topological polar surface area (TPSA) is 116 Å². The molecule has 4 aliphatic carbocycles. The van der Waals surface area contributed by atoms with Crippen molar-refractivity contribution in [2.75, 3.05) is 6.61 Å². The zero-order chi connectivity index (χ0) is 21.8. The molecule has 4 saturated carbocycles. The normalized spacial score (nSPS) is 34.0. The summed E-state index contributed by atoms with van der Waals surface area (Å²) in [7, 11) is -5.90. The van der Waals surface area contributed by atoms with Crippen molar-refractivity contribution in [2.45, 2.75) is 69.8 Å². The Morgan fingerprint density at radius 3 is 2.14 bits per heavy atom. The van der Waals surface area contributed by atoms with Crippen LogP contribution in [0.25, 0.3) is 0 Å². The number of carbonyl (C=O) groups is 2. The van der Waals surface area contributed by atoms with E-state index in [0.29, 0.717) is 25.2 Å². The summed E-state index contributed by atoms with van der Waals surface area (Å²) >= 11 is 0. The third-order valence-electron chi connectivity index (χ3n) is 6.01. The first-order valence-electron chi connectivity index (χ1n) is 9.54. The van der Waals surface area contributed by atoms with Gasteiger partial charge in [-0.25, -0.2) is 9.59 Å². The van der Waals surface area contributed by atoms with Crippen LogP contribution >= 0.6 is 0 Å². The molecule has 0 aliphatic heterocycles. The Bertz CT molecular complexity index is 772. The number of alkyl halides is 2. The van der Waals surface area contributed by atoms with Gasteiger partial charge in [-0.05, 0) is 70.6 Å². The number of halogens is 2. The maximum atomic E-state index is 13.4. The van der Waals surface area contributed by atoms with E-state index in [1.807, 2.05) is 0 Å². The molecule has 29 heavy (non-hydrogen) atoms. The van der Waals surface area contributed by atoms with Crippen LogP contribution in [0.1, 0.15) is 52.9 Å². The van der Waals surface area contributed by atoms with Crippen LogP contribution in [0.4, 0.5) is 13.6 Å². The van der Waals surface area contributed by atoms with Gasteiger partial charge in [0.1, 0.15) is 11.7 Å². The van der Waals surface area contributed by atoms with E-state index in [1.165, 1.54) is 0 Å². The summed E-state index contributed by atoms with van der Waals surface area (Å²) < 4.78 is 72.3. The molecule has 0 radical (unpaired) electrons. The molecule has 4 fully saturated rings. The van der Waals surface area contributed by atoms with E-state index in [-0.39, 0.29) is 24.5 Å². The Morgan fingerprint density at radius 2 is 1.66 bits per heavy atom. The quantitative estimate of drug-likeness (QED) is 0.512. The lowest BCUT2D eigenvalue weighted by molar-refractivity contribution is -0.184. The maximum absolute atomic E-state index is 13.4. The lowest BCUT2D eigenvalue weighted by Crippen LogP contribution is -2.56. The van der Waals surface area contributed by atoms with Crippen molar-refractivity contribution in [3.05, 3.63) is 0 Å². The van der Waals surface area contributed by atoms with Crippen molar-refractivity contribution < 1.29 is 45.6 Å². The van der Waals surface area contributed by atoms with Gasteiger partial charge in [-0.1, -0.05) is 0 Å². The van der Waals surface area contributed by atoms with E-state index in [1.54, 1.807) is 20.8 Å². The summed E-state index contributed by atoms with van der Waals surface area (Å²) in [6.07, 6.45) is 2.25. The van der Waals surface area contributed by atoms with Crippen molar-refractivity contribution in [3.8, 4) is 0 Å². The van der Waals surface area contributed by atoms with Gasteiger partial charge >= 0.3 is 27.5 Å². The molecule has 0 aromatic rings. The van der Waals surface area contributed by atoms with Crippen LogP contribution in [-0.4, -0.2) is 48.7 Å². The fraction of sp³-hybridized carbons (Fsp3) is 0.889. The van der Waals surface area contributed by atoms with Crippen LogP contribution in [0.3, 0.4) is 0 Å². The Hall–Kier alpha value is -1.49. The highest BCUT2D eigenvalue weighted by atomic mass is 32.2. The molecule has 166 valence electrons. The van der Waals surface area contributed by atoms with E-state index in [9.17, 15) is 26.8 Å². The molecule has 0 aromatic carbocycles. The molecule has 11 heteroatoms. The van der Waals surface area contributed by atoms with Gasteiger partial charge in [-0.3, -0.25) is 4.55 Å². The van der Waals surface area contributed by atoms with Crippen LogP contribution in [0.15, 0.2) is 0 Å². The minimum Gasteiger partial charge on any atom is -0.460 e. The fourth-order valence-corrected chi connectivity index (χ4v) is 5.58. The monoisotopic (exact) mass is 440 g/mol. The van der Waals surface area contributed by atoms with Crippen molar-refractivity contribution in [1.82, 2.24) is 0 Å². The summed E-state index contributed by atoms with van der Waals surface area (Å²) in [5, 5.41) is -5.00. The molecular formula is C18H26F2O8S. The van der Waals surface area contributed by atoms with E-state index < -0.39 is 38.5 Å². The van der Waals surface area contributed by atoms with Crippen molar-refractivity contribution >= 4 is 22.2 Å². The molecule has 4 aliphatic rings. The van der Waals surface area contributed by atoms with Crippen LogP contribution < -0.4 is 0 Å². The lowest BCUT2D eigenvalue weighted by Gasteiger charge is -2.58. The Labute approximate surface area is 168 Å². The van der Waals surface area contributed by atoms with Gasteiger partial charge in [-0.15, -0.1) is 0 Å².